The van der Waals surface area contributed by atoms with Crippen LogP contribution in [-0.4, -0.2) is 49.3 Å². The number of rotatable bonds is 6. The van der Waals surface area contributed by atoms with Crippen molar-refractivity contribution in [2.75, 3.05) is 27.2 Å². The Balaban J connectivity index is 2.58. The van der Waals surface area contributed by atoms with Crippen molar-refractivity contribution in [3.8, 4) is 5.75 Å². The first-order valence-electron chi connectivity index (χ1n) is 5.75. The molecular weight excluding hydrogens is 217 g/mol. The third kappa shape index (κ3) is 4.77. The van der Waals surface area contributed by atoms with E-state index in [0.717, 1.165) is 18.5 Å². The predicted octanol–water partition coefficient (Wildman–Crippen LogP) is 0.00532. The number of aryl methyl sites for hydroxylation is 1. The van der Waals surface area contributed by atoms with Crippen LogP contribution in [0.4, 0.5) is 0 Å². The summed E-state index contributed by atoms with van der Waals surface area (Å²) in [4.78, 5) is 2.08. The topological polar surface area (TPSA) is 52.9 Å². The van der Waals surface area contributed by atoms with Crippen LogP contribution in [0.25, 0.3) is 0 Å². The molecule has 0 unspecified atom stereocenters. The molecule has 94 valence electrons. The van der Waals surface area contributed by atoms with Crippen molar-refractivity contribution >= 4 is 12.6 Å². The largest absolute Gasteiger partial charge is 0.494 e. The minimum absolute atomic E-state index is 0.426. The number of benzene rings is 1. The lowest BCUT2D eigenvalue weighted by Crippen LogP contribution is -2.32. The van der Waals surface area contributed by atoms with Crippen molar-refractivity contribution in [2.24, 2.45) is 0 Å². The monoisotopic (exact) mass is 237 g/mol. The van der Waals surface area contributed by atoms with E-state index in [2.05, 4.69) is 4.90 Å². The molecule has 0 spiro atoms. The summed E-state index contributed by atoms with van der Waals surface area (Å²) in [5, 5.41) is 18.5. The zero-order valence-electron chi connectivity index (χ0n) is 10.7. The van der Waals surface area contributed by atoms with Gasteiger partial charge in [0.2, 0.25) is 0 Å². The molecular formula is C12H20BNO3. The molecule has 2 N–H and O–H groups in total. The van der Waals surface area contributed by atoms with Crippen LogP contribution < -0.4 is 10.2 Å². The van der Waals surface area contributed by atoms with Crippen LogP contribution in [0, 0.1) is 6.92 Å². The van der Waals surface area contributed by atoms with E-state index >= 15 is 0 Å². The van der Waals surface area contributed by atoms with Gasteiger partial charge in [-0.25, -0.2) is 0 Å². The number of hydrogen-bond donors (Lipinski definition) is 2. The van der Waals surface area contributed by atoms with Gasteiger partial charge in [-0.05, 0) is 33.5 Å². The summed E-state index contributed by atoms with van der Waals surface area (Å²) >= 11 is 0. The molecule has 17 heavy (non-hydrogen) atoms. The zero-order valence-corrected chi connectivity index (χ0v) is 10.7. The first kappa shape index (κ1) is 14.0. The first-order valence-corrected chi connectivity index (χ1v) is 5.75. The van der Waals surface area contributed by atoms with Crippen molar-refractivity contribution in [3.63, 3.8) is 0 Å². The fourth-order valence-electron chi connectivity index (χ4n) is 1.56. The summed E-state index contributed by atoms with van der Waals surface area (Å²) in [5.74, 6) is 0.546. The minimum Gasteiger partial charge on any atom is -0.494 e. The Kier molecular flexibility index (Phi) is 5.48. The van der Waals surface area contributed by atoms with E-state index < -0.39 is 7.12 Å². The smallest absolute Gasteiger partial charge is 0.492 e. The quantitative estimate of drug-likeness (QED) is 0.540. The number of hydrogen-bond acceptors (Lipinski definition) is 4. The molecule has 1 aromatic carbocycles. The maximum Gasteiger partial charge on any atom is 0.492 e. The van der Waals surface area contributed by atoms with E-state index in [1.807, 2.05) is 27.1 Å². The first-order chi connectivity index (χ1) is 8.00. The molecule has 0 saturated carbocycles. The molecule has 0 fully saturated rings. The van der Waals surface area contributed by atoms with Crippen molar-refractivity contribution < 1.29 is 14.8 Å². The molecule has 1 rings (SSSR count). The highest BCUT2D eigenvalue weighted by Crippen LogP contribution is 2.10. The molecule has 0 aliphatic rings. The second kappa shape index (κ2) is 6.64. The molecule has 0 saturated heterocycles. The maximum atomic E-state index is 9.24. The predicted molar refractivity (Wildman–Crippen MR) is 69.7 cm³/mol. The zero-order chi connectivity index (χ0) is 12.8. The van der Waals surface area contributed by atoms with Gasteiger partial charge in [-0.1, -0.05) is 17.7 Å². The van der Waals surface area contributed by atoms with Crippen LogP contribution in [0.15, 0.2) is 18.2 Å². The number of ether oxygens (including phenoxy) is 1. The highest BCUT2D eigenvalue weighted by atomic mass is 16.5. The van der Waals surface area contributed by atoms with Crippen molar-refractivity contribution in [2.45, 2.75) is 13.3 Å². The molecule has 0 aromatic heterocycles. The van der Waals surface area contributed by atoms with E-state index in [0.29, 0.717) is 17.8 Å². The molecule has 5 heteroatoms. The molecule has 0 aliphatic heterocycles. The van der Waals surface area contributed by atoms with E-state index in [-0.39, 0.29) is 0 Å². The summed E-state index contributed by atoms with van der Waals surface area (Å²) in [5.41, 5.74) is 1.41. The minimum atomic E-state index is -1.49. The van der Waals surface area contributed by atoms with Gasteiger partial charge in [-0.2, -0.15) is 0 Å². The van der Waals surface area contributed by atoms with Gasteiger partial charge in [0, 0.05) is 12.0 Å². The Morgan fingerprint density at radius 1 is 1.29 bits per heavy atom. The standard InChI is InChI=1S/C12H20BNO3/c1-10-5-6-12(11(9-10)13(15)16)17-8-4-7-14(2)3/h5-6,9,15-16H,4,7-8H2,1-3H3. The normalized spacial score (nSPS) is 10.7. The van der Waals surface area contributed by atoms with Gasteiger partial charge in [-0.3, -0.25) is 0 Å². The summed E-state index contributed by atoms with van der Waals surface area (Å²) in [6.45, 7) is 3.42. The Labute approximate surface area is 103 Å². The van der Waals surface area contributed by atoms with Crippen LogP contribution in [0.1, 0.15) is 12.0 Å². The second-order valence-electron chi connectivity index (χ2n) is 4.42. The van der Waals surface area contributed by atoms with Crippen molar-refractivity contribution in [3.05, 3.63) is 23.8 Å². The lowest BCUT2D eigenvalue weighted by Gasteiger charge is -2.13. The van der Waals surface area contributed by atoms with E-state index in [4.69, 9.17) is 4.74 Å². The molecule has 0 radical (unpaired) electrons. The summed E-state index contributed by atoms with van der Waals surface area (Å²) in [6.07, 6.45) is 0.905. The SMILES string of the molecule is Cc1ccc(OCCCN(C)C)c(B(O)O)c1. The lowest BCUT2D eigenvalue weighted by atomic mass is 9.79. The molecule has 0 aliphatic carbocycles. The van der Waals surface area contributed by atoms with E-state index in [1.54, 1.807) is 12.1 Å². The lowest BCUT2D eigenvalue weighted by molar-refractivity contribution is 0.282. The fraction of sp³-hybridized carbons (Fsp3) is 0.500. The van der Waals surface area contributed by atoms with Gasteiger partial charge in [0.05, 0.1) is 6.61 Å². The van der Waals surface area contributed by atoms with Crippen LogP contribution in [0.2, 0.25) is 0 Å². The molecule has 0 atom stereocenters. The molecule has 4 nitrogen and oxygen atoms in total. The maximum absolute atomic E-state index is 9.24. The van der Waals surface area contributed by atoms with Gasteiger partial charge in [0.1, 0.15) is 5.75 Å². The van der Waals surface area contributed by atoms with E-state index in [9.17, 15) is 10.0 Å². The summed E-state index contributed by atoms with van der Waals surface area (Å²) < 4.78 is 5.56. The van der Waals surface area contributed by atoms with Crippen LogP contribution in [0.5, 0.6) is 5.75 Å². The van der Waals surface area contributed by atoms with Crippen LogP contribution in [-0.2, 0) is 0 Å². The average Bonchev–Trinajstić information content (AvgIpc) is 2.25. The fourth-order valence-corrected chi connectivity index (χ4v) is 1.56. The third-order valence-corrected chi connectivity index (χ3v) is 2.45. The summed E-state index contributed by atoms with van der Waals surface area (Å²) in [6, 6.07) is 5.40. The van der Waals surface area contributed by atoms with Gasteiger partial charge < -0.3 is 19.7 Å². The molecule has 1 aromatic rings. The number of nitrogens with zero attached hydrogens (tertiary/aromatic N) is 1. The highest BCUT2D eigenvalue weighted by molar-refractivity contribution is 6.59. The van der Waals surface area contributed by atoms with Gasteiger partial charge in [0.15, 0.2) is 0 Å². The van der Waals surface area contributed by atoms with Crippen LogP contribution >= 0.6 is 0 Å². The Morgan fingerprint density at radius 3 is 2.59 bits per heavy atom. The van der Waals surface area contributed by atoms with E-state index in [1.165, 1.54) is 0 Å². The Morgan fingerprint density at radius 2 is 2.00 bits per heavy atom. The second-order valence-corrected chi connectivity index (χ2v) is 4.42. The van der Waals surface area contributed by atoms with Gasteiger partial charge >= 0.3 is 7.12 Å². The van der Waals surface area contributed by atoms with Gasteiger partial charge in [0.25, 0.3) is 0 Å². The summed E-state index contributed by atoms with van der Waals surface area (Å²) in [7, 11) is 2.53. The Bertz CT molecular complexity index is 356. The Hall–Kier alpha value is -1.04. The molecule has 0 amide bonds. The van der Waals surface area contributed by atoms with Crippen molar-refractivity contribution in [1.29, 1.82) is 0 Å². The molecule has 0 bridgehead atoms. The average molecular weight is 237 g/mol. The third-order valence-electron chi connectivity index (χ3n) is 2.45. The highest BCUT2D eigenvalue weighted by Gasteiger charge is 2.17. The molecule has 0 heterocycles. The van der Waals surface area contributed by atoms with Crippen molar-refractivity contribution in [1.82, 2.24) is 4.90 Å². The van der Waals surface area contributed by atoms with Gasteiger partial charge in [-0.15, -0.1) is 0 Å². The van der Waals surface area contributed by atoms with Crippen LogP contribution in [0.3, 0.4) is 0 Å².